The third kappa shape index (κ3) is 2.00. The highest BCUT2D eigenvalue weighted by atomic mass is 14.8. The average molecular weight is 195 g/mol. The minimum Gasteiger partial charge on any atom is -0.255 e. The van der Waals surface area contributed by atoms with Crippen molar-refractivity contribution in [1.29, 1.82) is 5.26 Å². The Bertz CT molecular complexity index is 486. The van der Waals surface area contributed by atoms with Gasteiger partial charge in [0.05, 0.1) is 23.9 Å². The van der Waals surface area contributed by atoms with Crippen LogP contribution in [-0.4, -0.2) is 9.97 Å². The van der Waals surface area contributed by atoms with Crippen LogP contribution in [-0.2, 0) is 6.42 Å². The van der Waals surface area contributed by atoms with Gasteiger partial charge in [0.15, 0.2) is 0 Å². The lowest BCUT2D eigenvalue weighted by atomic mass is 10.1. The Balaban J connectivity index is 2.49. The van der Waals surface area contributed by atoms with Gasteiger partial charge < -0.3 is 0 Å². The summed E-state index contributed by atoms with van der Waals surface area (Å²) in [6, 6.07) is 11.5. The van der Waals surface area contributed by atoms with E-state index in [-0.39, 0.29) is 0 Å². The molecule has 2 aromatic heterocycles. The summed E-state index contributed by atoms with van der Waals surface area (Å²) in [5, 5.41) is 8.69. The summed E-state index contributed by atoms with van der Waals surface area (Å²) < 4.78 is 0. The molecule has 2 rings (SSSR count). The molecule has 0 unspecified atom stereocenters. The first-order valence-electron chi connectivity index (χ1n) is 4.64. The first-order chi connectivity index (χ1) is 7.42. The Hall–Kier alpha value is -2.21. The van der Waals surface area contributed by atoms with Gasteiger partial charge in [0, 0.05) is 12.4 Å². The smallest absolute Gasteiger partial charge is 0.0928 e. The Morgan fingerprint density at radius 3 is 2.67 bits per heavy atom. The zero-order valence-electron chi connectivity index (χ0n) is 8.09. The molecule has 0 aliphatic rings. The second-order valence-corrected chi connectivity index (χ2v) is 3.06. The van der Waals surface area contributed by atoms with Gasteiger partial charge in [0.2, 0.25) is 0 Å². The van der Waals surface area contributed by atoms with Gasteiger partial charge in [-0.25, -0.2) is 0 Å². The fourth-order valence-corrected chi connectivity index (χ4v) is 1.40. The number of hydrogen-bond donors (Lipinski definition) is 0. The van der Waals surface area contributed by atoms with E-state index in [4.69, 9.17) is 5.26 Å². The van der Waals surface area contributed by atoms with Crippen LogP contribution in [0.5, 0.6) is 0 Å². The molecule has 0 aliphatic carbocycles. The van der Waals surface area contributed by atoms with Crippen molar-refractivity contribution in [2.45, 2.75) is 6.42 Å². The topological polar surface area (TPSA) is 49.6 Å². The molecule has 15 heavy (non-hydrogen) atoms. The molecule has 0 amide bonds. The van der Waals surface area contributed by atoms with Crippen LogP contribution >= 0.6 is 0 Å². The van der Waals surface area contributed by atoms with Crippen molar-refractivity contribution in [1.82, 2.24) is 9.97 Å². The van der Waals surface area contributed by atoms with E-state index in [2.05, 4.69) is 16.0 Å². The van der Waals surface area contributed by atoms with Crippen molar-refractivity contribution in [2.24, 2.45) is 0 Å². The quantitative estimate of drug-likeness (QED) is 0.738. The Labute approximate surface area is 88.1 Å². The third-order valence-corrected chi connectivity index (χ3v) is 2.07. The molecule has 0 radical (unpaired) electrons. The first-order valence-corrected chi connectivity index (χ1v) is 4.64. The number of aromatic nitrogens is 2. The third-order valence-electron chi connectivity index (χ3n) is 2.07. The highest BCUT2D eigenvalue weighted by Gasteiger charge is 2.05. The predicted octanol–water partition coefficient (Wildman–Crippen LogP) is 2.21. The lowest BCUT2D eigenvalue weighted by molar-refractivity contribution is 1.17. The van der Waals surface area contributed by atoms with Crippen LogP contribution in [0, 0.1) is 11.3 Å². The molecule has 0 spiro atoms. The van der Waals surface area contributed by atoms with Crippen molar-refractivity contribution in [2.75, 3.05) is 0 Å². The number of nitrogens with zero attached hydrogens (tertiary/aromatic N) is 3. The van der Waals surface area contributed by atoms with Crippen molar-refractivity contribution in [3.8, 4) is 17.5 Å². The van der Waals surface area contributed by atoms with Gasteiger partial charge >= 0.3 is 0 Å². The van der Waals surface area contributed by atoms with Crippen LogP contribution in [0.1, 0.15) is 5.56 Å². The van der Waals surface area contributed by atoms with E-state index in [0.717, 1.165) is 17.0 Å². The summed E-state index contributed by atoms with van der Waals surface area (Å²) in [5.74, 6) is 0. The van der Waals surface area contributed by atoms with E-state index >= 15 is 0 Å². The maximum absolute atomic E-state index is 8.69. The highest BCUT2D eigenvalue weighted by Crippen LogP contribution is 2.18. The van der Waals surface area contributed by atoms with Gasteiger partial charge in [-0.2, -0.15) is 5.26 Å². The van der Waals surface area contributed by atoms with Crippen LogP contribution in [0.4, 0.5) is 0 Å². The van der Waals surface area contributed by atoms with E-state index in [9.17, 15) is 0 Å². The van der Waals surface area contributed by atoms with E-state index in [1.165, 1.54) is 0 Å². The van der Waals surface area contributed by atoms with E-state index in [0.29, 0.717) is 6.42 Å². The summed E-state index contributed by atoms with van der Waals surface area (Å²) in [6.45, 7) is 0. The summed E-state index contributed by atoms with van der Waals surface area (Å²) in [4.78, 5) is 8.47. The van der Waals surface area contributed by atoms with Gasteiger partial charge in [0.1, 0.15) is 0 Å². The van der Waals surface area contributed by atoms with Crippen LogP contribution in [0.25, 0.3) is 11.4 Å². The monoisotopic (exact) mass is 195 g/mol. The first kappa shape index (κ1) is 9.35. The number of rotatable bonds is 2. The van der Waals surface area contributed by atoms with E-state index in [1.807, 2.05) is 30.3 Å². The van der Waals surface area contributed by atoms with Crippen LogP contribution in [0.3, 0.4) is 0 Å². The zero-order chi connectivity index (χ0) is 10.5. The van der Waals surface area contributed by atoms with Gasteiger partial charge in [-0.1, -0.05) is 12.1 Å². The van der Waals surface area contributed by atoms with Gasteiger partial charge in [-0.3, -0.25) is 9.97 Å². The minimum absolute atomic E-state index is 0.361. The zero-order valence-corrected chi connectivity index (χ0v) is 8.09. The fourth-order valence-electron chi connectivity index (χ4n) is 1.40. The molecule has 72 valence electrons. The standard InChI is InChI=1S/C12H9N3/c13-7-6-10-4-3-9-15-12(10)11-5-1-2-8-14-11/h1-5,8-9H,6H2. The second-order valence-electron chi connectivity index (χ2n) is 3.06. The Kier molecular flexibility index (Phi) is 2.70. The molecule has 0 atom stereocenters. The lowest BCUT2D eigenvalue weighted by Gasteiger charge is -2.03. The SMILES string of the molecule is N#CCc1cccnc1-c1ccccn1. The van der Waals surface area contributed by atoms with Gasteiger partial charge in [0.25, 0.3) is 0 Å². The number of hydrogen-bond acceptors (Lipinski definition) is 3. The maximum Gasteiger partial charge on any atom is 0.0928 e. The molecule has 0 aliphatic heterocycles. The minimum atomic E-state index is 0.361. The molecule has 0 fully saturated rings. The normalized spacial score (nSPS) is 9.53. The Morgan fingerprint density at radius 2 is 1.93 bits per heavy atom. The number of nitriles is 1. The molecule has 2 aromatic rings. The lowest BCUT2D eigenvalue weighted by Crippen LogP contribution is -1.93. The molecule has 2 heterocycles. The highest BCUT2D eigenvalue weighted by molar-refractivity contribution is 5.58. The van der Waals surface area contributed by atoms with Crippen LogP contribution in [0.15, 0.2) is 42.7 Å². The maximum atomic E-state index is 8.69. The molecular weight excluding hydrogens is 186 g/mol. The summed E-state index contributed by atoms with van der Waals surface area (Å²) >= 11 is 0. The summed E-state index contributed by atoms with van der Waals surface area (Å²) in [5.41, 5.74) is 2.52. The van der Waals surface area contributed by atoms with Gasteiger partial charge in [-0.15, -0.1) is 0 Å². The summed E-state index contributed by atoms with van der Waals surface area (Å²) in [6.07, 6.45) is 3.80. The van der Waals surface area contributed by atoms with Crippen LogP contribution in [0.2, 0.25) is 0 Å². The molecule has 0 N–H and O–H groups in total. The largest absolute Gasteiger partial charge is 0.255 e. The fraction of sp³-hybridized carbons (Fsp3) is 0.0833. The van der Waals surface area contributed by atoms with Gasteiger partial charge in [-0.05, 0) is 23.8 Å². The molecular formula is C12H9N3. The van der Waals surface area contributed by atoms with Crippen LogP contribution < -0.4 is 0 Å². The van der Waals surface area contributed by atoms with Crippen molar-refractivity contribution in [3.63, 3.8) is 0 Å². The molecule has 0 saturated carbocycles. The molecule has 3 nitrogen and oxygen atoms in total. The molecule has 3 heteroatoms. The van der Waals surface area contributed by atoms with E-state index in [1.54, 1.807) is 12.4 Å². The predicted molar refractivity (Wildman–Crippen MR) is 56.8 cm³/mol. The second kappa shape index (κ2) is 4.34. The van der Waals surface area contributed by atoms with Crippen molar-refractivity contribution >= 4 is 0 Å². The molecule has 0 bridgehead atoms. The molecule has 0 aromatic carbocycles. The summed E-state index contributed by atoms with van der Waals surface area (Å²) in [7, 11) is 0. The van der Waals surface area contributed by atoms with E-state index < -0.39 is 0 Å². The Morgan fingerprint density at radius 1 is 1.07 bits per heavy atom. The van der Waals surface area contributed by atoms with Crippen molar-refractivity contribution < 1.29 is 0 Å². The van der Waals surface area contributed by atoms with Crippen molar-refractivity contribution in [3.05, 3.63) is 48.3 Å². The average Bonchev–Trinajstić information content (AvgIpc) is 2.31. The molecule has 0 saturated heterocycles. The number of pyridine rings is 2.